The van der Waals surface area contributed by atoms with E-state index in [1.807, 2.05) is 13.8 Å². The monoisotopic (exact) mass is 292 g/mol. The number of rotatable bonds is 7. The Morgan fingerprint density at radius 2 is 2.19 bits per heavy atom. The summed E-state index contributed by atoms with van der Waals surface area (Å²) in [5, 5.41) is 8.66. The minimum absolute atomic E-state index is 0.109. The van der Waals surface area contributed by atoms with Gasteiger partial charge >= 0.3 is 5.97 Å². The second-order valence-corrected chi connectivity index (χ2v) is 4.76. The Kier molecular flexibility index (Phi) is 6.55. The molecule has 21 heavy (non-hydrogen) atoms. The van der Waals surface area contributed by atoms with Crippen molar-refractivity contribution >= 4 is 18.0 Å². The SMILES string of the molecule is CC(C)OCCN(C)C(=O)c1ncccc1/C=C/C(=O)O. The van der Waals surface area contributed by atoms with Gasteiger partial charge in [0.1, 0.15) is 5.69 Å². The molecule has 0 fully saturated rings. The van der Waals surface area contributed by atoms with Gasteiger partial charge in [-0.1, -0.05) is 6.07 Å². The molecule has 1 amide bonds. The second-order valence-electron chi connectivity index (χ2n) is 4.76. The summed E-state index contributed by atoms with van der Waals surface area (Å²) in [6.45, 7) is 4.73. The topological polar surface area (TPSA) is 79.7 Å². The van der Waals surface area contributed by atoms with Gasteiger partial charge in [-0.2, -0.15) is 0 Å². The molecule has 0 aliphatic rings. The molecule has 6 heteroatoms. The van der Waals surface area contributed by atoms with Crippen molar-refractivity contribution in [3.05, 3.63) is 35.7 Å². The van der Waals surface area contributed by atoms with Crippen LogP contribution in [-0.2, 0) is 9.53 Å². The summed E-state index contributed by atoms with van der Waals surface area (Å²) in [6.07, 6.45) is 3.96. The Labute approximate surface area is 124 Å². The molecule has 0 bridgehead atoms. The van der Waals surface area contributed by atoms with E-state index in [2.05, 4.69) is 4.98 Å². The number of amides is 1. The molecular formula is C15H20N2O4. The van der Waals surface area contributed by atoms with Crippen LogP contribution in [0.1, 0.15) is 29.9 Å². The molecule has 1 heterocycles. The van der Waals surface area contributed by atoms with E-state index in [0.29, 0.717) is 18.7 Å². The highest BCUT2D eigenvalue weighted by Gasteiger charge is 2.16. The van der Waals surface area contributed by atoms with Crippen LogP contribution in [0.15, 0.2) is 24.4 Å². The lowest BCUT2D eigenvalue weighted by Gasteiger charge is -2.18. The van der Waals surface area contributed by atoms with Crippen LogP contribution in [0, 0.1) is 0 Å². The number of nitrogens with zero attached hydrogens (tertiary/aromatic N) is 2. The molecule has 0 saturated heterocycles. The fourth-order valence-corrected chi connectivity index (χ4v) is 1.60. The summed E-state index contributed by atoms with van der Waals surface area (Å²) in [5.41, 5.74) is 0.698. The molecule has 0 aliphatic heterocycles. The van der Waals surface area contributed by atoms with Gasteiger partial charge in [-0.3, -0.25) is 9.78 Å². The first-order valence-electron chi connectivity index (χ1n) is 6.65. The fraction of sp³-hybridized carbons (Fsp3) is 0.400. The van der Waals surface area contributed by atoms with Crippen LogP contribution >= 0.6 is 0 Å². The number of likely N-dealkylation sites (N-methyl/N-ethyl adjacent to an activating group) is 1. The number of aromatic nitrogens is 1. The Morgan fingerprint density at radius 1 is 1.48 bits per heavy atom. The van der Waals surface area contributed by atoms with Crippen molar-refractivity contribution in [3.8, 4) is 0 Å². The molecule has 0 spiro atoms. The minimum atomic E-state index is -1.07. The Morgan fingerprint density at radius 3 is 2.81 bits per heavy atom. The van der Waals surface area contributed by atoms with E-state index in [-0.39, 0.29) is 17.7 Å². The average molecular weight is 292 g/mol. The maximum Gasteiger partial charge on any atom is 0.328 e. The number of aliphatic carboxylic acids is 1. The maximum absolute atomic E-state index is 12.3. The molecule has 1 aromatic rings. The first kappa shape index (κ1) is 16.8. The number of carbonyl (C=O) groups is 2. The smallest absolute Gasteiger partial charge is 0.328 e. The van der Waals surface area contributed by atoms with Gasteiger partial charge in [0.05, 0.1) is 12.7 Å². The summed E-state index contributed by atoms with van der Waals surface area (Å²) in [5.74, 6) is -1.34. The van der Waals surface area contributed by atoms with Gasteiger partial charge in [-0.05, 0) is 26.0 Å². The molecule has 0 atom stereocenters. The molecule has 114 valence electrons. The molecule has 0 aromatic carbocycles. The first-order valence-corrected chi connectivity index (χ1v) is 6.65. The predicted molar refractivity (Wildman–Crippen MR) is 79.0 cm³/mol. The van der Waals surface area contributed by atoms with Crippen molar-refractivity contribution in [1.29, 1.82) is 0 Å². The van der Waals surface area contributed by atoms with Gasteiger partial charge in [0.2, 0.25) is 0 Å². The molecule has 1 rings (SSSR count). The zero-order valence-corrected chi connectivity index (χ0v) is 12.4. The second kappa shape index (κ2) is 8.16. The summed E-state index contributed by atoms with van der Waals surface area (Å²) in [6, 6.07) is 3.30. The van der Waals surface area contributed by atoms with E-state index in [4.69, 9.17) is 9.84 Å². The highest BCUT2D eigenvalue weighted by molar-refractivity contribution is 5.97. The largest absolute Gasteiger partial charge is 0.478 e. The number of hydrogen-bond donors (Lipinski definition) is 1. The molecule has 0 aliphatic carbocycles. The van der Waals surface area contributed by atoms with Crippen molar-refractivity contribution in [1.82, 2.24) is 9.88 Å². The third-order valence-corrected chi connectivity index (χ3v) is 2.67. The maximum atomic E-state index is 12.3. The van der Waals surface area contributed by atoms with E-state index in [1.165, 1.54) is 17.2 Å². The number of ether oxygens (including phenoxy) is 1. The van der Waals surface area contributed by atoms with Crippen molar-refractivity contribution in [2.75, 3.05) is 20.2 Å². The first-order chi connectivity index (χ1) is 9.91. The van der Waals surface area contributed by atoms with Crippen molar-refractivity contribution in [2.45, 2.75) is 20.0 Å². The lowest BCUT2D eigenvalue weighted by atomic mass is 10.1. The van der Waals surface area contributed by atoms with Crippen LogP contribution in [0.2, 0.25) is 0 Å². The molecule has 6 nitrogen and oxygen atoms in total. The quantitative estimate of drug-likeness (QED) is 0.773. The third kappa shape index (κ3) is 5.74. The molecule has 1 aromatic heterocycles. The van der Waals surface area contributed by atoms with E-state index in [0.717, 1.165) is 6.08 Å². The van der Waals surface area contributed by atoms with Crippen LogP contribution in [0.5, 0.6) is 0 Å². The number of carboxylic acids is 1. The molecule has 0 saturated carbocycles. The van der Waals surface area contributed by atoms with Gasteiger partial charge < -0.3 is 14.7 Å². The summed E-state index contributed by atoms with van der Waals surface area (Å²) < 4.78 is 5.40. The minimum Gasteiger partial charge on any atom is -0.478 e. The van der Waals surface area contributed by atoms with Crippen LogP contribution in [0.3, 0.4) is 0 Å². The highest BCUT2D eigenvalue weighted by Crippen LogP contribution is 2.10. The summed E-state index contributed by atoms with van der Waals surface area (Å²) >= 11 is 0. The van der Waals surface area contributed by atoms with Crippen molar-refractivity contribution in [2.24, 2.45) is 0 Å². The van der Waals surface area contributed by atoms with Crippen LogP contribution in [0.4, 0.5) is 0 Å². The Hall–Kier alpha value is -2.21. The lowest BCUT2D eigenvalue weighted by Crippen LogP contribution is -2.31. The number of carboxylic acid groups (broad SMARTS) is 1. The normalized spacial score (nSPS) is 11.0. The number of pyridine rings is 1. The summed E-state index contributed by atoms with van der Waals surface area (Å²) in [4.78, 5) is 28.4. The predicted octanol–water partition coefficient (Wildman–Crippen LogP) is 1.68. The molecular weight excluding hydrogens is 272 g/mol. The van der Waals surface area contributed by atoms with Gasteiger partial charge in [-0.25, -0.2) is 4.79 Å². The molecule has 1 N–H and O–H groups in total. The number of hydrogen-bond acceptors (Lipinski definition) is 4. The number of carbonyl (C=O) groups excluding carboxylic acids is 1. The van der Waals surface area contributed by atoms with Crippen LogP contribution in [-0.4, -0.2) is 53.2 Å². The molecule has 0 radical (unpaired) electrons. The lowest BCUT2D eigenvalue weighted by molar-refractivity contribution is -0.131. The molecule has 0 unspecified atom stereocenters. The van der Waals surface area contributed by atoms with Crippen LogP contribution in [0.25, 0.3) is 6.08 Å². The van der Waals surface area contributed by atoms with Gasteiger partial charge in [0, 0.05) is 31.4 Å². The zero-order valence-electron chi connectivity index (χ0n) is 12.4. The standard InChI is InChI=1S/C15H20N2O4/c1-11(2)21-10-9-17(3)15(20)14-12(5-4-8-16-14)6-7-13(18)19/h4-8,11H,9-10H2,1-3H3,(H,18,19)/b7-6+. The van der Waals surface area contributed by atoms with Crippen molar-refractivity contribution < 1.29 is 19.4 Å². The van der Waals surface area contributed by atoms with E-state index in [9.17, 15) is 9.59 Å². The Balaban J connectivity index is 2.79. The Bertz CT molecular complexity index is 526. The van der Waals surface area contributed by atoms with Gasteiger partial charge in [0.25, 0.3) is 5.91 Å². The summed E-state index contributed by atoms with van der Waals surface area (Å²) in [7, 11) is 1.66. The van der Waals surface area contributed by atoms with Gasteiger partial charge in [0.15, 0.2) is 0 Å². The zero-order chi connectivity index (χ0) is 15.8. The van der Waals surface area contributed by atoms with Gasteiger partial charge in [-0.15, -0.1) is 0 Å². The fourth-order valence-electron chi connectivity index (χ4n) is 1.60. The van der Waals surface area contributed by atoms with Crippen LogP contribution < -0.4 is 0 Å². The third-order valence-electron chi connectivity index (χ3n) is 2.67. The van der Waals surface area contributed by atoms with E-state index >= 15 is 0 Å². The van der Waals surface area contributed by atoms with E-state index < -0.39 is 5.97 Å². The van der Waals surface area contributed by atoms with E-state index in [1.54, 1.807) is 19.2 Å². The van der Waals surface area contributed by atoms with Crippen molar-refractivity contribution in [3.63, 3.8) is 0 Å². The highest BCUT2D eigenvalue weighted by atomic mass is 16.5. The average Bonchev–Trinajstić information content (AvgIpc) is 2.44.